The second kappa shape index (κ2) is 7.86. The molecule has 0 spiro atoms. The first kappa shape index (κ1) is 16.5. The van der Waals surface area contributed by atoms with Gasteiger partial charge in [-0.3, -0.25) is 14.3 Å². The number of carbonyl (C=O) groups is 2. The zero-order chi connectivity index (χ0) is 13.7. The van der Waals surface area contributed by atoms with E-state index in [1.807, 2.05) is 0 Å². The van der Waals surface area contributed by atoms with Crippen molar-refractivity contribution in [1.29, 1.82) is 0 Å². The Bertz CT molecular complexity index is 458. The van der Waals surface area contributed by atoms with Crippen LogP contribution in [0.4, 0.5) is 5.69 Å². The van der Waals surface area contributed by atoms with Gasteiger partial charge in [0.2, 0.25) is 11.8 Å². The highest BCUT2D eigenvalue weighted by Crippen LogP contribution is 2.27. The first-order valence-corrected chi connectivity index (χ1v) is 6.41. The number of likely N-dealkylation sites (N-methyl/N-ethyl adjacent to an activating group) is 1. The Morgan fingerprint density at radius 2 is 2.15 bits per heavy atom. The fourth-order valence-electron chi connectivity index (χ4n) is 1.66. The van der Waals surface area contributed by atoms with Crippen LogP contribution in [0.3, 0.4) is 0 Å². The van der Waals surface area contributed by atoms with E-state index >= 15 is 0 Å². The molecule has 1 aromatic heterocycles. The van der Waals surface area contributed by atoms with Crippen molar-refractivity contribution in [2.24, 2.45) is 5.92 Å². The van der Waals surface area contributed by atoms with Crippen molar-refractivity contribution in [2.75, 3.05) is 25.5 Å². The van der Waals surface area contributed by atoms with E-state index in [0.29, 0.717) is 12.2 Å². The van der Waals surface area contributed by atoms with Gasteiger partial charge in [0.25, 0.3) is 0 Å². The Balaban J connectivity index is 0.00000200. The minimum Gasteiger partial charge on any atom is -0.358 e. The largest absolute Gasteiger partial charge is 0.358 e. The van der Waals surface area contributed by atoms with E-state index in [0.717, 1.165) is 12.5 Å². The van der Waals surface area contributed by atoms with Crippen molar-refractivity contribution in [3.63, 3.8) is 0 Å². The van der Waals surface area contributed by atoms with E-state index in [4.69, 9.17) is 0 Å². The number of nitrogens with zero attached hydrogens (tertiary/aromatic N) is 2. The van der Waals surface area contributed by atoms with Gasteiger partial charge in [-0.2, -0.15) is 5.10 Å². The van der Waals surface area contributed by atoms with Gasteiger partial charge in [-0.25, -0.2) is 0 Å². The van der Waals surface area contributed by atoms with Crippen LogP contribution < -0.4 is 16.0 Å². The Labute approximate surface area is 123 Å². The molecule has 1 saturated carbocycles. The molecular formula is C12H20ClN5O2. The summed E-state index contributed by atoms with van der Waals surface area (Å²) in [5, 5.41) is 12.4. The normalized spacial score (nSPS) is 13.4. The molecule has 2 rings (SSSR count). The quantitative estimate of drug-likeness (QED) is 0.661. The van der Waals surface area contributed by atoms with E-state index in [1.54, 1.807) is 13.2 Å². The van der Waals surface area contributed by atoms with Crippen molar-refractivity contribution < 1.29 is 9.59 Å². The van der Waals surface area contributed by atoms with Crippen molar-refractivity contribution in [3.05, 3.63) is 12.4 Å². The monoisotopic (exact) mass is 301 g/mol. The zero-order valence-corrected chi connectivity index (χ0v) is 12.2. The van der Waals surface area contributed by atoms with Crippen molar-refractivity contribution in [1.82, 2.24) is 20.4 Å². The molecule has 0 aliphatic heterocycles. The molecule has 2 amide bonds. The summed E-state index contributed by atoms with van der Waals surface area (Å²) < 4.78 is 1.48. The molecule has 0 radical (unpaired) electrons. The van der Waals surface area contributed by atoms with Crippen LogP contribution in [-0.4, -0.2) is 41.7 Å². The Morgan fingerprint density at radius 3 is 2.80 bits per heavy atom. The minimum atomic E-state index is -0.132. The van der Waals surface area contributed by atoms with Gasteiger partial charge in [0.1, 0.15) is 6.54 Å². The summed E-state index contributed by atoms with van der Waals surface area (Å²) in [5.41, 5.74) is 0.599. The maximum absolute atomic E-state index is 11.6. The fraction of sp³-hybridized carbons (Fsp3) is 0.583. The molecule has 7 nitrogen and oxygen atoms in total. The summed E-state index contributed by atoms with van der Waals surface area (Å²) >= 11 is 0. The molecule has 8 heteroatoms. The van der Waals surface area contributed by atoms with Crippen LogP contribution >= 0.6 is 12.4 Å². The first-order chi connectivity index (χ1) is 9.17. The van der Waals surface area contributed by atoms with E-state index in [-0.39, 0.29) is 30.8 Å². The maximum Gasteiger partial charge on any atom is 0.241 e. The number of anilines is 1. The first-order valence-electron chi connectivity index (χ1n) is 6.41. The average molecular weight is 302 g/mol. The van der Waals surface area contributed by atoms with Crippen LogP contribution in [0.25, 0.3) is 0 Å². The van der Waals surface area contributed by atoms with E-state index in [2.05, 4.69) is 21.0 Å². The predicted molar refractivity (Wildman–Crippen MR) is 77.8 cm³/mol. The molecule has 1 aliphatic carbocycles. The summed E-state index contributed by atoms with van der Waals surface area (Å²) in [6.45, 7) is 1.35. The second-order valence-electron chi connectivity index (χ2n) is 4.72. The van der Waals surface area contributed by atoms with Crippen molar-refractivity contribution in [3.8, 4) is 0 Å². The van der Waals surface area contributed by atoms with Crippen molar-refractivity contribution >= 4 is 29.9 Å². The molecule has 3 N–H and O–H groups in total. The number of nitrogens with one attached hydrogen (secondary N) is 3. The van der Waals surface area contributed by atoms with Crippen LogP contribution in [0.2, 0.25) is 0 Å². The molecule has 0 aromatic carbocycles. The molecule has 0 saturated heterocycles. The molecule has 112 valence electrons. The SMILES string of the molecule is CNC(=O)Cn1cc(NC(=O)CNCC2CC2)cn1.Cl. The second-order valence-corrected chi connectivity index (χ2v) is 4.72. The summed E-state index contributed by atoms with van der Waals surface area (Å²) in [6, 6.07) is 0. The van der Waals surface area contributed by atoms with Crippen molar-refractivity contribution in [2.45, 2.75) is 19.4 Å². The molecule has 20 heavy (non-hydrogen) atoms. The standard InChI is InChI=1S/C12H19N5O2.ClH/c1-13-12(19)8-17-7-10(5-15-17)16-11(18)6-14-4-9-2-3-9;/h5,7,9,14H,2-4,6,8H2,1H3,(H,13,19)(H,16,18);1H. The van der Waals surface area contributed by atoms with Crippen LogP contribution in [0.1, 0.15) is 12.8 Å². The molecule has 0 atom stereocenters. The lowest BCUT2D eigenvalue weighted by Crippen LogP contribution is -2.29. The highest BCUT2D eigenvalue weighted by molar-refractivity contribution is 5.92. The van der Waals surface area contributed by atoms with E-state index in [9.17, 15) is 9.59 Å². The smallest absolute Gasteiger partial charge is 0.241 e. The number of hydrogen-bond donors (Lipinski definition) is 3. The topological polar surface area (TPSA) is 88.0 Å². The highest BCUT2D eigenvalue weighted by Gasteiger charge is 2.20. The zero-order valence-electron chi connectivity index (χ0n) is 11.4. The lowest BCUT2D eigenvalue weighted by Gasteiger charge is -2.03. The predicted octanol–water partition coefficient (Wildman–Crippen LogP) is -0.0110. The number of carbonyl (C=O) groups excluding carboxylic acids is 2. The number of amides is 2. The highest BCUT2D eigenvalue weighted by atomic mass is 35.5. The van der Waals surface area contributed by atoms with Gasteiger partial charge in [-0.05, 0) is 25.3 Å². The molecule has 1 aliphatic rings. The van der Waals surface area contributed by atoms with Gasteiger partial charge in [0.15, 0.2) is 0 Å². The summed E-state index contributed by atoms with van der Waals surface area (Å²) in [7, 11) is 1.57. The molecular weight excluding hydrogens is 282 g/mol. The van der Waals surface area contributed by atoms with Gasteiger partial charge in [0, 0.05) is 13.2 Å². The summed E-state index contributed by atoms with van der Waals surface area (Å²) in [6.07, 6.45) is 5.69. The lowest BCUT2D eigenvalue weighted by molar-refractivity contribution is -0.121. The molecule has 1 fully saturated rings. The maximum atomic E-state index is 11.6. The number of rotatable bonds is 7. The number of halogens is 1. The lowest BCUT2D eigenvalue weighted by atomic mass is 10.4. The van der Waals surface area contributed by atoms with Crippen LogP contribution in [-0.2, 0) is 16.1 Å². The van der Waals surface area contributed by atoms with E-state index < -0.39 is 0 Å². The third-order valence-electron chi connectivity index (χ3n) is 2.92. The molecule has 0 unspecified atom stereocenters. The van der Waals surface area contributed by atoms with Gasteiger partial charge < -0.3 is 16.0 Å². The molecule has 0 bridgehead atoms. The fourth-order valence-corrected chi connectivity index (χ4v) is 1.66. The molecule has 1 heterocycles. The molecule has 1 aromatic rings. The Kier molecular flexibility index (Phi) is 6.47. The third-order valence-corrected chi connectivity index (χ3v) is 2.92. The van der Waals surface area contributed by atoms with Gasteiger partial charge in [0.05, 0.1) is 18.4 Å². The minimum absolute atomic E-state index is 0. The summed E-state index contributed by atoms with van der Waals surface area (Å²) in [5.74, 6) is 0.523. The van der Waals surface area contributed by atoms with Crippen LogP contribution in [0.15, 0.2) is 12.4 Å². The Hall–Kier alpha value is -1.60. The summed E-state index contributed by atoms with van der Waals surface area (Å²) in [4.78, 5) is 22.8. The van der Waals surface area contributed by atoms with Gasteiger partial charge in [-0.1, -0.05) is 0 Å². The average Bonchev–Trinajstić information content (AvgIpc) is 3.10. The van der Waals surface area contributed by atoms with Crippen LogP contribution in [0.5, 0.6) is 0 Å². The van der Waals surface area contributed by atoms with Crippen LogP contribution in [0, 0.1) is 5.92 Å². The van der Waals surface area contributed by atoms with Gasteiger partial charge in [-0.15, -0.1) is 12.4 Å². The number of aromatic nitrogens is 2. The van der Waals surface area contributed by atoms with E-state index in [1.165, 1.54) is 23.7 Å². The Morgan fingerprint density at radius 1 is 1.40 bits per heavy atom. The van der Waals surface area contributed by atoms with Gasteiger partial charge >= 0.3 is 0 Å². The third kappa shape index (κ3) is 5.58. The number of hydrogen-bond acceptors (Lipinski definition) is 4.